The van der Waals surface area contributed by atoms with E-state index in [-0.39, 0.29) is 0 Å². The molecule has 0 unspecified atom stereocenters. The molecule has 0 spiro atoms. The summed E-state index contributed by atoms with van der Waals surface area (Å²) in [6, 6.07) is 1.67. The molecule has 0 aliphatic carbocycles. The zero-order chi connectivity index (χ0) is 9.26. The lowest BCUT2D eigenvalue weighted by Crippen LogP contribution is -2.17. The molecule has 70 valence electrons. The Morgan fingerprint density at radius 3 is 3.08 bits per heavy atom. The lowest BCUT2D eigenvalue weighted by molar-refractivity contribution is 0.166. The molecule has 0 bridgehead atoms. The van der Waals surface area contributed by atoms with Crippen molar-refractivity contribution in [2.24, 2.45) is 0 Å². The van der Waals surface area contributed by atoms with E-state index in [4.69, 9.17) is 22.2 Å². The lowest BCUT2D eigenvalue weighted by atomic mass is 10.4. The summed E-state index contributed by atoms with van der Waals surface area (Å²) in [7, 11) is 0. The maximum Gasteiger partial charge on any atom is 0.171 e. The van der Waals surface area contributed by atoms with Crippen LogP contribution in [0.25, 0.3) is 0 Å². The molecule has 0 saturated carbocycles. The molecule has 1 aromatic heterocycles. The van der Waals surface area contributed by atoms with Crippen LogP contribution in [-0.4, -0.2) is 18.1 Å². The molecule has 2 rings (SSSR count). The lowest BCUT2D eigenvalue weighted by Gasteiger charge is -2.15. The molecule has 1 aliphatic heterocycles. The van der Waals surface area contributed by atoms with Gasteiger partial charge in [0.1, 0.15) is 0 Å². The summed E-state index contributed by atoms with van der Waals surface area (Å²) in [5, 5.41) is 2.23. The molecule has 4 nitrogen and oxygen atoms in total. The van der Waals surface area contributed by atoms with Gasteiger partial charge in [-0.15, -0.1) is 0 Å². The van der Waals surface area contributed by atoms with Crippen molar-refractivity contribution in [1.29, 1.82) is 0 Å². The van der Waals surface area contributed by atoms with E-state index in [9.17, 15) is 0 Å². The van der Waals surface area contributed by atoms with E-state index in [2.05, 4.69) is 4.98 Å². The molecule has 5 heteroatoms. The van der Waals surface area contributed by atoms with Gasteiger partial charge in [-0.1, -0.05) is 11.6 Å². The minimum Gasteiger partial charge on any atom is -0.397 e. The summed E-state index contributed by atoms with van der Waals surface area (Å²) in [6.45, 7) is 1.55. The molecule has 1 fully saturated rings. The second-order valence-electron chi connectivity index (χ2n) is 2.86. The van der Waals surface area contributed by atoms with Gasteiger partial charge in [-0.2, -0.15) is 0 Å². The standard InChI is InChI=1S/C8H10ClN3O/c9-7-4-6(10)5-11-8(7)12-2-1-3-13-12/h4-5H,1-3,10H2. The fraction of sp³-hybridized carbons (Fsp3) is 0.375. The number of halogens is 1. The third-order valence-corrected chi connectivity index (χ3v) is 2.11. The van der Waals surface area contributed by atoms with Crippen LogP contribution in [0.5, 0.6) is 0 Å². The largest absolute Gasteiger partial charge is 0.397 e. The Bertz CT molecular complexity index is 312. The van der Waals surface area contributed by atoms with Crippen LogP contribution in [-0.2, 0) is 4.84 Å². The minimum absolute atomic E-state index is 0.530. The first-order valence-corrected chi connectivity index (χ1v) is 4.46. The Morgan fingerprint density at radius 2 is 2.46 bits per heavy atom. The number of nitrogens with zero attached hydrogens (tertiary/aromatic N) is 2. The first-order chi connectivity index (χ1) is 6.27. The summed E-state index contributed by atoms with van der Waals surface area (Å²) >= 11 is 5.95. The van der Waals surface area contributed by atoms with E-state index in [0.29, 0.717) is 16.5 Å². The van der Waals surface area contributed by atoms with Crippen molar-refractivity contribution < 1.29 is 4.84 Å². The van der Waals surface area contributed by atoms with Gasteiger partial charge in [-0.25, -0.2) is 10.0 Å². The van der Waals surface area contributed by atoms with E-state index >= 15 is 0 Å². The number of rotatable bonds is 1. The Balaban J connectivity index is 2.29. The van der Waals surface area contributed by atoms with Crippen molar-refractivity contribution >= 4 is 23.1 Å². The summed E-state index contributed by atoms with van der Waals surface area (Å²) in [6.07, 6.45) is 2.57. The molecule has 2 N–H and O–H groups in total. The number of nitrogen functional groups attached to an aromatic ring is 1. The molecule has 0 aromatic carbocycles. The van der Waals surface area contributed by atoms with Gasteiger partial charge in [-0.3, -0.25) is 4.84 Å². The highest BCUT2D eigenvalue weighted by Gasteiger charge is 2.17. The highest BCUT2D eigenvalue weighted by Crippen LogP contribution is 2.26. The highest BCUT2D eigenvalue weighted by atomic mass is 35.5. The normalized spacial score (nSPS) is 16.5. The summed E-state index contributed by atoms with van der Waals surface area (Å²) in [5.41, 5.74) is 6.08. The van der Waals surface area contributed by atoms with Crippen molar-refractivity contribution in [2.45, 2.75) is 6.42 Å². The smallest absolute Gasteiger partial charge is 0.171 e. The van der Waals surface area contributed by atoms with Gasteiger partial charge >= 0.3 is 0 Å². The van der Waals surface area contributed by atoms with E-state index in [1.54, 1.807) is 17.3 Å². The molecule has 1 aromatic rings. The molecular formula is C8H10ClN3O. The summed E-state index contributed by atoms with van der Waals surface area (Å²) < 4.78 is 0. The number of pyridine rings is 1. The molecular weight excluding hydrogens is 190 g/mol. The zero-order valence-electron chi connectivity index (χ0n) is 7.03. The first-order valence-electron chi connectivity index (χ1n) is 4.09. The minimum atomic E-state index is 0.530. The van der Waals surface area contributed by atoms with Gasteiger partial charge in [0, 0.05) is 6.54 Å². The number of hydrogen-bond donors (Lipinski definition) is 1. The van der Waals surface area contributed by atoms with Crippen LogP contribution in [0.1, 0.15) is 6.42 Å². The molecule has 0 amide bonds. The van der Waals surface area contributed by atoms with E-state index in [1.807, 2.05) is 0 Å². The van der Waals surface area contributed by atoms with Crippen LogP contribution < -0.4 is 10.8 Å². The van der Waals surface area contributed by atoms with Crippen molar-refractivity contribution in [1.82, 2.24) is 4.98 Å². The Kier molecular flexibility index (Phi) is 2.24. The summed E-state index contributed by atoms with van der Waals surface area (Å²) in [4.78, 5) is 9.41. The van der Waals surface area contributed by atoms with Crippen LogP contribution in [0.2, 0.25) is 5.02 Å². The maximum atomic E-state index is 5.95. The first kappa shape index (κ1) is 8.59. The predicted molar refractivity (Wildman–Crippen MR) is 51.6 cm³/mol. The molecule has 13 heavy (non-hydrogen) atoms. The molecule has 2 heterocycles. The number of aromatic nitrogens is 1. The van der Waals surface area contributed by atoms with Crippen LogP contribution >= 0.6 is 11.6 Å². The van der Waals surface area contributed by atoms with Gasteiger partial charge in [0.2, 0.25) is 0 Å². The fourth-order valence-electron chi connectivity index (χ4n) is 1.24. The summed E-state index contributed by atoms with van der Waals surface area (Å²) in [5.74, 6) is 0.647. The van der Waals surface area contributed by atoms with E-state index in [0.717, 1.165) is 19.6 Å². The SMILES string of the molecule is Nc1cnc(N2CCCO2)c(Cl)c1. The quantitative estimate of drug-likeness (QED) is 0.744. The van der Waals surface area contributed by atoms with Gasteiger partial charge in [0.25, 0.3) is 0 Å². The van der Waals surface area contributed by atoms with E-state index < -0.39 is 0 Å². The molecule has 1 aliphatic rings. The Hall–Kier alpha value is -1.00. The van der Waals surface area contributed by atoms with Gasteiger partial charge in [0.15, 0.2) is 5.82 Å². The van der Waals surface area contributed by atoms with Crippen molar-refractivity contribution in [3.05, 3.63) is 17.3 Å². The topological polar surface area (TPSA) is 51.4 Å². The molecule has 0 atom stereocenters. The number of hydroxylamine groups is 1. The van der Waals surface area contributed by atoms with Crippen molar-refractivity contribution in [2.75, 3.05) is 23.9 Å². The average molecular weight is 200 g/mol. The van der Waals surface area contributed by atoms with Crippen LogP contribution in [0.4, 0.5) is 11.5 Å². The second-order valence-corrected chi connectivity index (χ2v) is 3.27. The van der Waals surface area contributed by atoms with Gasteiger partial charge in [0.05, 0.1) is 23.5 Å². The zero-order valence-corrected chi connectivity index (χ0v) is 7.79. The fourth-order valence-corrected chi connectivity index (χ4v) is 1.51. The third kappa shape index (κ3) is 1.68. The van der Waals surface area contributed by atoms with Crippen LogP contribution in [0.15, 0.2) is 12.3 Å². The number of nitrogens with two attached hydrogens (primary N) is 1. The maximum absolute atomic E-state index is 5.95. The van der Waals surface area contributed by atoms with Crippen molar-refractivity contribution in [3.63, 3.8) is 0 Å². The van der Waals surface area contributed by atoms with Crippen LogP contribution in [0, 0.1) is 0 Å². The Morgan fingerprint density at radius 1 is 1.62 bits per heavy atom. The number of hydrogen-bond acceptors (Lipinski definition) is 4. The molecule has 1 saturated heterocycles. The number of anilines is 2. The average Bonchev–Trinajstić information content (AvgIpc) is 2.56. The van der Waals surface area contributed by atoms with Gasteiger partial charge < -0.3 is 5.73 Å². The van der Waals surface area contributed by atoms with Gasteiger partial charge in [-0.05, 0) is 12.5 Å². The predicted octanol–water partition coefficient (Wildman–Crippen LogP) is 1.46. The van der Waals surface area contributed by atoms with Crippen LogP contribution in [0.3, 0.4) is 0 Å². The van der Waals surface area contributed by atoms with E-state index in [1.165, 1.54) is 0 Å². The van der Waals surface area contributed by atoms with Crippen molar-refractivity contribution in [3.8, 4) is 0 Å². The highest BCUT2D eigenvalue weighted by molar-refractivity contribution is 6.33. The second kappa shape index (κ2) is 3.40. The Labute approximate surface area is 81.2 Å². The monoisotopic (exact) mass is 199 g/mol. The molecule has 0 radical (unpaired) electrons. The third-order valence-electron chi connectivity index (χ3n) is 1.83.